The summed E-state index contributed by atoms with van der Waals surface area (Å²) in [5.74, 6) is 0.622. The van der Waals surface area contributed by atoms with Crippen LogP contribution in [0.1, 0.15) is 43.7 Å². The highest BCUT2D eigenvalue weighted by Gasteiger charge is 2.37. The molecule has 0 spiro atoms. The van der Waals surface area contributed by atoms with E-state index in [1.807, 2.05) is 6.92 Å². The summed E-state index contributed by atoms with van der Waals surface area (Å²) in [6.07, 6.45) is 2.20. The van der Waals surface area contributed by atoms with E-state index in [0.29, 0.717) is 12.5 Å². The molecule has 2 nitrogen and oxygen atoms in total. The largest absolute Gasteiger partial charge is 0.369 e. The summed E-state index contributed by atoms with van der Waals surface area (Å²) in [7, 11) is 0. The van der Waals surface area contributed by atoms with E-state index in [2.05, 4.69) is 31.2 Å². The third kappa shape index (κ3) is 1.76. The molecule has 0 amide bonds. The van der Waals surface area contributed by atoms with Gasteiger partial charge in [0.05, 0.1) is 0 Å². The molecule has 0 radical (unpaired) electrons. The highest BCUT2D eigenvalue weighted by atomic mass is 16.5. The normalized spacial score (nSPS) is 28.8. The van der Waals surface area contributed by atoms with Gasteiger partial charge >= 0.3 is 0 Å². The Morgan fingerprint density at radius 1 is 1.44 bits per heavy atom. The van der Waals surface area contributed by atoms with E-state index < -0.39 is 0 Å². The highest BCUT2D eigenvalue weighted by molar-refractivity contribution is 5.37. The summed E-state index contributed by atoms with van der Waals surface area (Å²) in [5, 5.41) is 0. The molecular weight excluding hydrogens is 198 g/mol. The van der Waals surface area contributed by atoms with Crippen LogP contribution in [0, 0.1) is 0 Å². The molecule has 0 fully saturated rings. The van der Waals surface area contributed by atoms with Crippen molar-refractivity contribution in [2.75, 3.05) is 13.2 Å². The first kappa shape index (κ1) is 11.6. The van der Waals surface area contributed by atoms with E-state index in [4.69, 9.17) is 10.5 Å². The molecule has 16 heavy (non-hydrogen) atoms. The monoisotopic (exact) mass is 219 g/mol. The van der Waals surface area contributed by atoms with Crippen molar-refractivity contribution in [3.05, 3.63) is 35.4 Å². The molecular formula is C14H21NO. The van der Waals surface area contributed by atoms with Gasteiger partial charge in [0.15, 0.2) is 0 Å². The molecule has 2 unspecified atom stereocenters. The molecule has 1 aromatic rings. The average molecular weight is 219 g/mol. The van der Waals surface area contributed by atoms with Crippen LogP contribution in [0.3, 0.4) is 0 Å². The van der Waals surface area contributed by atoms with E-state index in [0.717, 1.165) is 19.4 Å². The topological polar surface area (TPSA) is 35.2 Å². The average Bonchev–Trinajstić information content (AvgIpc) is 2.34. The third-order valence-electron chi connectivity index (χ3n) is 3.71. The number of hydrogen-bond acceptors (Lipinski definition) is 2. The number of nitrogens with two attached hydrogens (primary N) is 1. The van der Waals surface area contributed by atoms with Gasteiger partial charge in [-0.2, -0.15) is 0 Å². The van der Waals surface area contributed by atoms with Crippen molar-refractivity contribution in [3.8, 4) is 0 Å². The zero-order valence-electron chi connectivity index (χ0n) is 10.2. The van der Waals surface area contributed by atoms with E-state index in [-0.39, 0.29) is 5.60 Å². The standard InChI is InChI=1S/C14H21NO/c1-3-16-14(10-15)9-8-11(2)12-6-4-5-7-13(12)14/h4-7,11H,3,8-10,15H2,1-2H3. The predicted octanol–water partition coefficient (Wildman–Crippen LogP) is 2.77. The van der Waals surface area contributed by atoms with Crippen molar-refractivity contribution in [3.63, 3.8) is 0 Å². The van der Waals surface area contributed by atoms with Crippen LogP contribution in [0.5, 0.6) is 0 Å². The van der Waals surface area contributed by atoms with Gasteiger partial charge < -0.3 is 10.5 Å². The van der Waals surface area contributed by atoms with Crippen LogP contribution >= 0.6 is 0 Å². The highest BCUT2D eigenvalue weighted by Crippen LogP contribution is 2.42. The lowest BCUT2D eigenvalue weighted by Crippen LogP contribution is -2.41. The van der Waals surface area contributed by atoms with Gasteiger partial charge in [0, 0.05) is 13.2 Å². The Bertz CT molecular complexity index is 364. The molecule has 1 aliphatic rings. The third-order valence-corrected chi connectivity index (χ3v) is 3.71. The molecule has 2 N–H and O–H groups in total. The summed E-state index contributed by atoms with van der Waals surface area (Å²) in [4.78, 5) is 0. The second kappa shape index (κ2) is 4.56. The number of rotatable bonds is 3. The van der Waals surface area contributed by atoms with Gasteiger partial charge in [-0.15, -0.1) is 0 Å². The second-order valence-electron chi connectivity index (χ2n) is 4.66. The lowest BCUT2D eigenvalue weighted by atomic mass is 9.74. The first-order valence-electron chi connectivity index (χ1n) is 6.17. The summed E-state index contributed by atoms with van der Waals surface area (Å²) in [6, 6.07) is 8.57. The second-order valence-corrected chi connectivity index (χ2v) is 4.66. The number of hydrogen-bond donors (Lipinski definition) is 1. The number of fused-ring (bicyclic) bond motifs is 1. The fourth-order valence-electron chi connectivity index (χ4n) is 2.78. The van der Waals surface area contributed by atoms with Crippen molar-refractivity contribution in [2.24, 2.45) is 5.73 Å². The predicted molar refractivity (Wildman–Crippen MR) is 66.4 cm³/mol. The van der Waals surface area contributed by atoms with Crippen LogP contribution in [0.25, 0.3) is 0 Å². The van der Waals surface area contributed by atoms with E-state index in [1.54, 1.807) is 0 Å². The van der Waals surface area contributed by atoms with Crippen molar-refractivity contribution in [2.45, 2.75) is 38.2 Å². The van der Waals surface area contributed by atoms with Gasteiger partial charge in [0.1, 0.15) is 5.60 Å². The minimum atomic E-state index is -0.238. The first-order chi connectivity index (χ1) is 7.73. The van der Waals surface area contributed by atoms with Crippen LogP contribution in [-0.2, 0) is 10.3 Å². The Morgan fingerprint density at radius 2 is 2.19 bits per heavy atom. The first-order valence-corrected chi connectivity index (χ1v) is 6.17. The zero-order valence-corrected chi connectivity index (χ0v) is 10.2. The smallest absolute Gasteiger partial charge is 0.106 e. The van der Waals surface area contributed by atoms with Gasteiger partial charge in [-0.25, -0.2) is 0 Å². The molecule has 0 heterocycles. The minimum absolute atomic E-state index is 0.238. The van der Waals surface area contributed by atoms with Gasteiger partial charge in [-0.1, -0.05) is 31.2 Å². The Labute approximate surface area is 97.8 Å². The molecule has 0 bridgehead atoms. The molecule has 0 aliphatic heterocycles. The lowest BCUT2D eigenvalue weighted by molar-refractivity contribution is -0.0515. The van der Waals surface area contributed by atoms with Gasteiger partial charge in [-0.3, -0.25) is 0 Å². The van der Waals surface area contributed by atoms with Crippen molar-refractivity contribution in [1.82, 2.24) is 0 Å². The van der Waals surface area contributed by atoms with E-state index in [9.17, 15) is 0 Å². The van der Waals surface area contributed by atoms with Gasteiger partial charge in [-0.05, 0) is 36.8 Å². The lowest BCUT2D eigenvalue weighted by Gasteiger charge is -2.40. The maximum Gasteiger partial charge on any atom is 0.106 e. The summed E-state index contributed by atoms with van der Waals surface area (Å²) < 4.78 is 5.97. The van der Waals surface area contributed by atoms with Crippen LogP contribution in [-0.4, -0.2) is 13.2 Å². The molecule has 2 heteroatoms. The minimum Gasteiger partial charge on any atom is -0.369 e. The quantitative estimate of drug-likeness (QED) is 0.848. The molecule has 0 aromatic heterocycles. The molecule has 1 aliphatic carbocycles. The number of ether oxygens (including phenoxy) is 1. The van der Waals surface area contributed by atoms with Crippen LogP contribution in [0.15, 0.2) is 24.3 Å². The molecule has 88 valence electrons. The van der Waals surface area contributed by atoms with Crippen molar-refractivity contribution in [1.29, 1.82) is 0 Å². The summed E-state index contributed by atoms with van der Waals surface area (Å²) >= 11 is 0. The summed E-state index contributed by atoms with van der Waals surface area (Å²) in [5.41, 5.74) is 8.44. The fraction of sp³-hybridized carbons (Fsp3) is 0.571. The Hall–Kier alpha value is -0.860. The maximum atomic E-state index is 5.97. The maximum absolute atomic E-state index is 5.97. The van der Waals surface area contributed by atoms with Crippen molar-refractivity contribution < 1.29 is 4.74 Å². The van der Waals surface area contributed by atoms with Crippen LogP contribution in [0.4, 0.5) is 0 Å². The molecule has 1 aromatic carbocycles. The van der Waals surface area contributed by atoms with Crippen LogP contribution in [0.2, 0.25) is 0 Å². The Kier molecular flexibility index (Phi) is 3.31. The Morgan fingerprint density at radius 3 is 2.88 bits per heavy atom. The van der Waals surface area contributed by atoms with Gasteiger partial charge in [0.25, 0.3) is 0 Å². The van der Waals surface area contributed by atoms with E-state index >= 15 is 0 Å². The summed E-state index contributed by atoms with van der Waals surface area (Å²) in [6.45, 7) is 5.62. The van der Waals surface area contributed by atoms with Crippen molar-refractivity contribution >= 4 is 0 Å². The van der Waals surface area contributed by atoms with E-state index in [1.165, 1.54) is 11.1 Å². The molecule has 2 rings (SSSR count). The molecule has 0 saturated heterocycles. The SMILES string of the molecule is CCOC1(CN)CCC(C)c2ccccc21. The molecule has 0 saturated carbocycles. The Balaban J connectivity index is 2.47. The molecule has 2 atom stereocenters. The number of benzene rings is 1. The van der Waals surface area contributed by atoms with Crippen LogP contribution < -0.4 is 5.73 Å². The van der Waals surface area contributed by atoms with Gasteiger partial charge in [0.2, 0.25) is 0 Å². The fourth-order valence-corrected chi connectivity index (χ4v) is 2.78. The zero-order chi connectivity index (χ0) is 11.6.